The summed E-state index contributed by atoms with van der Waals surface area (Å²) < 4.78 is 0. The Balaban J connectivity index is 0.000000232. The van der Waals surface area contributed by atoms with Crippen LogP contribution in [0.3, 0.4) is 0 Å². The van der Waals surface area contributed by atoms with Gasteiger partial charge in [-0.1, -0.05) is 92.7 Å². The van der Waals surface area contributed by atoms with Crippen LogP contribution in [0.1, 0.15) is 30.7 Å². The third-order valence-electron chi connectivity index (χ3n) is 8.73. The summed E-state index contributed by atoms with van der Waals surface area (Å²) in [6, 6.07) is 57.1. The Kier molecular flexibility index (Phi) is 9.40. The monoisotopic (exact) mass is 783 g/mol. The quantitative estimate of drug-likeness (QED) is 0.166. The van der Waals surface area contributed by atoms with Gasteiger partial charge in [-0.05, 0) is 81.5 Å². The second-order valence-corrected chi connectivity index (χ2v) is 12.2. The van der Waals surface area contributed by atoms with Crippen molar-refractivity contribution in [2.24, 2.45) is 0 Å². The van der Waals surface area contributed by atoms with E-state index in [4.69, 9.17) is 0 Å². The molecule has 8 rings (SSSR count). The Bertz CT molecular complexity index is 2140. The van der Waals surface area contributed by atoms with Crippen molar-refractivity contribution in [3.63, 3.8) is 0 Å². The molecular formula is C44H34IrN2-2. The number of benzene rings is 5. The summed E-state index contributed by atoms with van der Waals surface area (Å²) in [5, 5.41) is 0. The molecule has 0 N–H and O–H groups in total. The van der Waals surface area contributed by atoms with E-state index in [1.54, 1.807) is 0 Å². The average Bonchev–Trinajstić information content (AvgIpc) is 3.35. The van der Waals surface area contributed by atoms with Crippen LogP contribution in [-0.2, 0) is 25.5 Å². The molecule has 0 fully saturated rings. The summed E-state index contributed by atoms with van der Waals surface area (Å²) in [6.07, 6.45) is 1.82. The van der Waals surface area contributed by atoms with Gasteiger partial charge >= 0.3 is 0 Å². The summed E-state index contributed by atoms with van der Waals surface area (Å²) in [7, 11) is 0. The molecule has 3 heteroatoms. The molecule has 1 aliphatic rings. The molecule has 231 valence electrons. The number of hydrogen-bond donors (Lipinski definition) is 0. The summed E-state index contributed by atoms with van der Waals surface area (Å²) in [4.78, 5) is 8.89. The average molecular weight is 783 g/mol. The Morgan fingerprint density at radius 3 is 1.96 bits per heavy atom. The second kappa shape index (κ2) is 13.8. The Labute approximate surface area is 291 Å². The van der Waals surface area contributed by atoms with Crippen LogP contribution in [0.4, 0.5) is 0 Å². The molecular weight excluding hydrogens is 749 g/mol. The standard InChI is InChI=1S/C32H24N.C12H10N.Ir/c1-32(2)29-14-4-3-13-27(29)28-17-16-25(21-30(28)32)23-10-7-9-22(19-23)24-11-8-12-26(20-24)31-15-5-6-18-33-31;1-10-6-5-9-12(13-10)11-7-3-2-4-8-11;/h3-11,13-21H,1-2H3;2-7,9H,1H3;/q2*-1;. The Morgan fingerprint density at radius 1 is 0.511 bits per heavy atom. The summed E-state index contributed by atoms with van der Waals surface area (Å²) >= 11 is 0. The fourth-order valence-corrected chi connectivity index (χ4v) is 6.32. The molecule has 2 nitrogen and oxygen atoms in total. The van der Waals surface area contributed by atoms with Crippen molar-refractivity contribution < 1.29 is 20.1 Å². The molecule has 2 heterocycles. The first kappa shape index (κ1) is 32.0. The largest absolute Gasteiger partial charge is 0.305 e. The zero-order valence-corrected chi connectivity index (χ0v) is 29.1. The fourth-order valence-electron chi connectivity index (χ4n) is 6.32. The van der Waals surface area contributed by atoms with Crippen LogP contribution in [0.5, 0.6) is 0 Å². The number of aryl methyl sites for hydroxylation is 1. The first-order valence-corrected chi connectivity index (χ1v) is 15.7. The summed E-state index contributed by atoms with van der Waals surface area (Å²) in [5.41, 5.74) is 15.4. The van der Waals surface area contributed by atoms with Crippen molar-refractivity contribution in [1.82, 2.24) is 9.97 Å². The number of pyridine rings is 2. The molecule has 7 aromatic rings. The van der Waals surface area contributed by atoms with Crippen LogP contribution in [0, 0.1) is 19.1 Å². The number of aromatic nitrogens is 2. The molecule has 0 amide bonds. The van der Waals surface area contributed by atoms with Crippen LogP contribution >= 0.6 is 0 Å². The minimum Gasteiger partial charge on any atom is -0.305 e. The summed E-state index contributed by atoms with van der Waals surface area (Å²) in [5.74, 6) is 0. The Morgan fingerprint density at radius 2 is 1.19 bits per heavy atom. The van der Waals surface area contributed by atoms with E-state index in [2.05, 4.69) is 115 Å². The number of rotatable bonds is 4. The van der Waals surface area contributed by atoms with Gasteiger partial charge in [-0.2, -0.15) is 0 Å². The molecule has 47 heavy (non-hydrogen) atoms. The molecule has 0 saturated carbocycles. The second-order valence-electron chi connectivity index (χ2n) is 12.2. The van der Waals surface area contributed by atoms with E-state index in [9.17, 15) is 0 Å². The normalized spacial score (nSPS) is 12.1. The maximum absolute atomic E-state index is 4.48. The van der Waals surface area contributed by atoms with Gasteiger partial charge in [0.25, 0.3) is 0 Å². The molecule has 5 aromatic carbocycles. The molecule has 0 spiro atoms. The van der Waals surface area contributed by atoms with Gasteiger partial charge in [0.1, 0.15) is 0 Å². The zero-order chi connectivity index (χ0) is 31.5. The number of fused-ring (bicyclic) bond motifs is 3. The van der Waals surface area contributed by atoms with Gasteiger partial charge in [0.05, 0.1) is 0 Å². The first-order chi connectivity index (χ1) is 22.5. The van der Waals surface area contributed by atoms with Crippen LogP contribution in [-0.4, -0.2) is 9.97 Å². The predicted octanol–water partition coefficient (Wildman–Crippen LogP) is 11.0. The van der Waals surface area contributed by atoms with Crippen molar-refractivity contribution in [2.45, 2.75) is 26.2 Å². The topological polar surface area (TPSA) is 25.8 Å². The maximum atomic E-state index is 4.48. The fraction of sp³-hybridized carbons (Fsp3) is 0.0909. The van der Waals surface area contributed by atoms with Crippen LogP contribution in [0.2, 0.25) is 0 Å². The van der Waals surface area contributed by atoms with Crippen molar-refractivity contribution in [3.8, 4) is 55.9 Å². The molecule has 0 atom stereocenters. The minimum atomic E-state index is 0. The van der Waals surface area contributed by atoms with E-state index in [1.807, 2.05) is 79.9 Å². The third kappa shape index (κ3) is 6.65. The minimum absolute atomic E-state index is 0. The SMILES string of the molecule is CC1(C)c2ccccc2-c2ccc(-c3cccc(-c4cc[c-]c(-c5ccccn5)c4)c3)cc21.Cc1cccc(-c2[c-]cccc2)n1.[Ir]. The van der Waals surface area contributed by atoms with Crippen molar-refractivity contribution in [2.75, 3.05) is 0 Å². The van der Waals surface area contributed by atoms with Crippen molar-refractivity contribution >= 4 is 0 Å². The van der Waals surface area contributed by atoms with E-state index in [0.717, 1.165) is 28.2 Å². The van der Waals surface area contributed by atoms with Crippen molar-refractivity contribution in [3.05, 3.63) is 181 Å². The van der Waals surface area contributed by atoms with E-state index < -0.39 is 0 Å². The Hall–Kier alpha value is -4.95. The molecule has 1 radical (unpaired) electrons. The van der Waals surface area contributed by atoms with Crippen LogP contribution < -0.4 is 0 Å². The van der Waals surface area contributed by atoms with Gasteiger partial charge in [-0.3, -0.25) is 0 Å². The van der Waals surface area contributed by atoms with Gasteiger partial charge in [0.2, 0.25) is 0 Å². The summed E-state index contributed by atoms with van der Waals surface area (Å²) in [6.45, 7) is 6.65. The van der Waals surface area contributed by atoms with Gasteiger partial charge in [-0.15, -0.1) is 71.3 Å². The maximum Gasteiger partial charge on any atom is 0.0266 e. The molecule has 0 saturated heterocycles. The number of hydrogen-bond acceptors (Lipinski definition) is 2. The number of nitrogens with zero attached hydrogens (tertiary/aromatic N) is 2. The van der Waals surface area contributed by atoms with E-state index in [0.29, 0.717) is 0 Å². The van der Waals surface area contributed by atoms with Crippen LogP contribution in [0.15, 0.2) is 152 Å². The van der Waals surface area contributed by atoms with Gasteiger partial charge in [-0.25, -0.2) is 0 Å². The molecule has 1 aliphatic carbocycles. The smallest absolute Gasteiger partial charge is 0.0266 e. The third-order valence-corrected chi connectivity index (χ3v) is 8.73. The van der Waals surface area contributed by atoms with Crippen molar-refractivity contribution in [1.29, 1.82) is 0 Å². The van der Waals surface area contributed by atoms with Gasteiger partial charge in [0, 0.05) is 37.4 Å². The molecule has 0 unspecified atom stereocenters. The molecule has 0 bridgehead atoms. The predicted molar refractivity (Wildman–Crippen MR) is 190 cm³/mol. The van der Waals surface area contributed by atoms with E-state index >= 15 is 0 Å². The van der Waals surface area contributed by atoms with E-state index in [1.165, 1.54) is 44.5 Å². The first-order valence-electron chi connectivity index (χ1n) is 15.7. The van der Waals surface area contributed by atoms with Crippen LogP contribution in [0.25, 0.3) is 55.9 Å². The molecule has 0 aliphatic heterocycles. The van der Waals surface area contributed by atoms with Gasteiger partial charge < -0.3 is 9.97 Å². The zero-order valence-electron chi connectivity index (χ0n) is 26.7. The molecule has 2 aromatic heterocycles. The van der Waals surface area contributed by atoms with E-state index in [-0.39, 0.29) is 25.5 Å². The van der Waals surface area contributed by atoms with Gasteiger partial charge in [0.15, 0.2) is 0 Å².